The first-order chi connectivity index (χ1) is 16.0. The lowest BCUT2D eigenvalue weighted by Crippen LogP contribution is -2.38. The third kappa shape index (κ3) is 3.63. The van der Waals surface area contributed by atoms with Gasteiger partial charge in [-0.2, -0.15) is 5.10 Å². The molecule has 0 N–H and O–H groups in total. The van der Waals surface area contributed by atoms with Crippen LogP contribution in [0.25, 0.3) is 16.6 Å². The van der Waals surface area contributed by atoms with E-state index in [1.165, 1.54) is 22.2 Å². The lowest BCUT2D eigenvalue weighted by molar-refractivity contribution is -0.132. The zero-order chi connectivity index (χ0) is 24.9. The Kier molecular flexibility index (Phi) is 5.74. The molecule has 0 unspecified atom stereocenters. The van der Waals surface area contributed by atoms with E-state index in [4.69, 9.17) is 16.3 Å². The molecule has 0 atom stereocenters. The summed E-state index contributed by atoms with van der Waals surface area (Å²) in [5.41, 5.74) is 0.692. The summed E-state index contributed by atoms with van der Waals surface area (Å²) in [5.74, 6) is -1.03. The van der Waals surface area contributed by atoms with Crippen LogP contribution in [-0.4, -0.2) is 30.7 Å². The number of rotatable bonds is 4. The number of carbonyl (C=O) groups is 2. The van der Waals surface area contributed by atoms with Gasteiger partial charge in [0.25, 0.3) is 5.56 Å². The van der Waals surface area contributed by atoms with E-state index in [1.54, 1.807) is 58.3 Å². The van der Waals surface area contributed by atoms with Gasteiger partial charge >= 0.3 is 11.7 Å². The third-order valence-electron chi connectivity index (χ3n) is 5.65. The van der Waals surface area contributed by atoms with E-state index in [1.807, 2.05) is 0 Å². The molecule has 174 valence electrons. The summed E-state index contributed by atoms with van der Waals surface area (Å²) in [6, 6.07) is 9.51. The van der Waals surface area contributed by atoms with Gasteiger partial charge in [0.05, 0.1) is 22.3 Å². The molecule has 2 aromatic heterocycles. The van der Waals surface area contributed by atoms with E-state index in [0.29, 0.717) is 27.5 Å². The molecule has 0 bridgehead atoms. The molecule has 34 heavy (non-hydrogen) atoms. The summed E-state index contributed by atoms with van der Waals surface area (Å²) in [5, 5.41) is 4.79. The summed E-state index contributed by atoms with van der Waals surface area (Å²) in [7, 11) is 3.12. The number of aryl methyl sites for hydroxylation is 4. The molecule has 0 amide bonds. The number of ketones is 1. The molecule has 0 aliphatic carbocycles. The molecule has 0 fully saturated rings. The molecule has 0 aliphatic rings. The van der Waals surface area contributed by atoms with E-state index in [9.17, 15) is 19.2 Å². The highest BCUT2D eigenvalue weighted by molar-refractivity contribution is 6.30. The van der Waals surface area contributed by atoms with Gasteiger partial charge in [0.1, 0.15) is 5.56 Å². The maximum absolute atomic E-state index is 13.6. The molecule has 0 radical (unpaired) electrons. The van der Waals surface area contributed by atoms with Gasteiger partial charge in [0, 0.05) is 31.6 Å². The molecule has 2 heterocycles. The summed E-state index contributed by atoms with van der Waals surface area (Å²) >= 11 is 6.08. The highest BCUT2D eigenvalue weighted by Crippen LogP contribution is 2.28. The fraction of sp³-hybridized carbons (Fsp3) is 0.208. The predicted molar refractivity (Wildman–Crippen MR) is 127 cm³/mol. The number of carbonyl (C=O) groups excluding carboxylic acids is 2. The van der Waals surface area contributed by atoms with Gasteiger partial charge < -0.3 is 4.74 Å². The molecular weight excluding hydrogens is 460 g/mol. The first-order valence-corrected chi connectivity index (χ1v) is 10.7. The maximum Gasteiger partial charge on any atom is 0.335 e. The first-order valence-electron chi connectivity index (χ1n) is 10.3. The van der Waals surface area contributed by atoms with Crippen molar-refractivity contribution in [3.05, 3.63) is 84.6 Å². The Balaban J connectivity index is 2.01. The third-order valence-corrected chi connectivity index (χ3v) is 5.88. The van der Waals surface area contributed by atoms with Crippen molar-refractivity contribution in [2.45, 2.75) is 20.8 Å². The van der Waals surface area contributed by atoms with Crippen molar-refractivity contribution in [1.29, 1.82) is 0 Å². The van der Waals surface area contributed by atoms with Crippen LogP contribution in [0.1, 0.15) is 34.1 Å². The lowest BCUT2D eigenvalue weighted by atomic mass is 9.96. The van der Waals surface area contributed by atoms with Gasteiger partial charge in [-0.3, -0.25) is 19.0 Å². The summed E-state index contributed by atoms with van der Waals surface area (Å²) < 4.78 is 8.91. The fourth-order valence-electron chi connectivity index (χ4n) is 4.07. The SMILES string of the molecule is CC(=O)Oc1c(C(=O)c2ccc3c(c2C)c(=O)n(-c2cccc(Cl)c2)c(=O)n3C)c(C)nn1C. The maximum atomic E-state index is 13.6. The molecule has 0 spiro atoms. The van der Waals surface area contributed by atoms with Gasteiger partial charge in [-0.1, -0.05) is 17.7 Å². The largest absolute Gasteiger partial charge is 0.407 e. The van der Waals surface area contributed by atoms with E-state index in [0.717, 1.165) is 4.57 Å². The van der Waals surface area contributed by atoms with E-state index in [2.05, 4.69) is 5.10 Å². The van der Waals surface area contributed by atoms with Crippen LogP contribution in [0.2, 0.25) is 5.02 Å². The predicted octanol–water partition coefficient (Wildman–Crippen LogP) is 2.85. The van der Waals surface area contributed by atoms with E-state index >= 15 is 0 Å². The monoisotopic (exact) mass is 480 g/mol. The van der Waals surface area contributed by atoms with Crippen LogP contribution < -0.4 is 16.0 Å². The van der Waals surface area contributed by atoms with Crippen LogP contribution >= 0.6 is 11.6 Å². The van der Waals surface area contributed by atoms with Crippen molar-refractivity contribution in [3.63, 3.8) is 0 Å². The van der Waals surface area contributed by atoms with Crippen LogP contribution in [0, 0.1) is 13.8 Å². The number of fused-ring (bicyclic) bond motifs is 1. The minimum atomic E-state index is -0.591. The normalized spacial score (nSPS) is 11.1. The average molecular weight is 481 g/mol. The Morgan fingerprint density at radius 1 is 1.06 bits per heavy atom. The van der Waals surface area contributed by atoms with Crippen molar-refractivity contribution in [2.75, 3.05) is 0 Å². The standard InChI is InChI=1S/C24H21ClN4O5/c1-12-17(21(31)20-13(2)26-28(5)23(20)34-14(3)30)9-10-18-19(12)22(32)29(24(33)27(18)4)16-8-6-7-15(25)11-16/h6-11H,1-5H3. The molecule has 2 aromatic carbocycles. The molecule has 9 nitrogen and oxygen atoms in total. The average Bonchev–Trinajstić information content (AvgIpc) is 3.03. The molecule has 10 heteroatoms. The fourth-order valence-corrected chi connectivity index (χ4v) is 4.26. The second kappa shape index (κ2) is 8.42. The van der Waals surface area contributed by atoms with Crippen molar-refractivity contribution >= 4 is 34.3 Å². The topological polar surface area (TPSA) is 105 Å². The number of aromatic nitrogens is 4. The second-order valence-corrected chi connectivity index (χ2v) is 8.34. The van der Waals surface area contributed by atoms with Gasteiger partial charge in [-0.25, -0.2) is 14.0 Å². The Bertz CT molecular complexity index is 1630. The van der Waals surface area contributed by atoms with Crippen LogP contribution in [0.15, 0.2) is 46.0 Å². The number of esters is 1. The number of hydrogen-bond acceptors (Lipinski definition) is 6. The minimum Gasteiger partial charge on any atom is -0.407 e. The summed E-state index contributed by atoms with van der Waals surface area (Å²) in [6.07, 6.45) is 0. The van der Waals surface area contributed by atoms with Crippen molar-refractivity contribution in [1.82, 2.24) is 18.9 Å². The Morgan fingerprint density at radius 2 is 1.76 bits per heavy atom. The lowest BCUT2D eigenvalue weighted by Gasteiger charge is -2.14. The number of hydrogen-bond donors (Lipinski definition) is 0. The van der Waals surface area contributed by atoms with Crippen LogP contribution in [0.4, 0.5) is 0 Å². The summed E-state index contributed by atoms with van der Waals surface area (Å²) in [4.78, 5) is 51.7. The van der Waals surface area contributed by atoms with Crippen molar-refractivity contribution < 1.29 is 14.3 Å². The molecule has 0 saturated heterocycles. The molecule has 0 aliphatic heterocycles. The highest BCUT2D eigenvalue weighted by atomic mass is 35.5. The zero-order valence-electron chi connectivity index (χ0n) is 19.2. The molecule has 4 aromatic rings. The number of halogens is 1. The Labute approximate surface area is 198 Å². The van der Waals surface area contributed by atoms with Crippen LogP contribution in [-0.2, 0) is 18.9 Å². The van der Waals surface area contributed by atoms with Gasteiger partial charge in [0.15, 0.2) is 0 Å². The van der Waals surface area contributed by atoms with Crippen LogP contribution in [0.5, 0.6) is 5.88 Å². The first kappa shape index (κ1) is 23.2. The van der Waals surface area contributed by atoms with Crippen LogP contribution in [0.3, 0.4) is 0 Å². The van der Waals surface area contributed by atoms with Gasteiger partial charge in [-0.15, -0.1) is 0 Å². The van der Waals surface area contributed by atoms with E-state index < -0.39 is 23.0 Å². The minimum absolute atomic E-state index is 0.0197. The number of benzene rings is 2. The molecule has 0 saturated carbocycles. The van der Waals surface area contributed by atoms with E-state index in [-0.39, 0.29) is 22.4 Å². The van der Waals surface area contributed by atoms with Crippen molar-refractivity contribution in [2.24, 2.45) is 14.1 Å². The van der Waals surface area contributed by atoms with Crippen molar-refractivity contribution in [3.8, 4) is 11.6 Å². The number of nitrogens with zero attached hydrogens (tertiary/aromatic N) is 4. The summed E-state index contributed by atoms with van der Waals surface area (Å²) in [6.45, 7) is 4.50. The molecular formula is C24H21ClN4O5. The quantitative estimate of drug-likeness (QED) is 0.328. The molecule has 4 rings (SSSR count). The highest BCUT2D eigenvalue weighted by Gasteiger charge is 2.27. The number of ether oxygens (including phenoxy) is 1. The van der Waals surface area contributed by atoms with Gasteiger partial charge in [-0.05, 0) is 49.7 Å². The van der Waals surface area contributed by atoms with Gasteiger partial charge in [0.2, 0.25) is 11.7 Å². The second-order valence-electron chi connectivity index (χ2n) is 7.91. The zero-order valence-corrected chi connectivity index (χ0v) is 19.9. The Morgan fingerprint density at radius 3 is 2.41 bits per heavy atom. The Hall–Kier alpha value is -3.98. The smallest absolute Gasteiger partial charge is 0.335 e.